The van der Waals surface area contributed by atoms with Crippen LogP contribution in [0.25, 0.3) is 0 Å². The lowest BCUT2D eigenvalue weighted by Gasteiger charge is -2.06. The van der Waals surface area contributed by atoms with Gasteiger partial charge in [0.2, 0.25) is 0 Å². The summed E-state index contributed by atoms with van der Waals surface area (Å²) in [5.41, 5.74) is 6.62. The molecule has 0 radical (unpaired) electrons. The van der Waals surface area contributed by atoms with Crippen LogP contribution in [0, 0.1) is 0 Å². The molecule has 1 aromatic rings. The average Bonchev–Trinajstić information content (AvgIpc) is 2.72. The molecule has 1 rings (SSSR count). The number of hydrogen-bond donors (Lipinski definition) is 2. The molecule has 0 fully saturated rings. The van der Waals surface area contributed by atoms with Gasteiger partial charge in [0.05, 0.1) is 0 Å². The van der Waals surface area contributed by atoms with Crippen molar-refractivity contribution in [3.05, 3.63) is 76.7 Å². The topological polar surface area (TPSA) is 54.0 Å². The van der Waals surface area contributed by atoms with Crippen LogP contribution in [0.1, 0.15) is 78.7 Å². The van der Waals surface area contributed by atoms with E-state index < -0.39 is 0 Å². The summed E-state index contributed by atoms with van der Waals surface area (Å²) in [7, 11) is 0. The number of amides is 2. The Bertz CT molecular complexity index is 769. The standard InChI is InChI=1S/C27H41N3O/c1-22(2)10-6-11-23(3)12-7-13-24(4)14-8-15-25(5)17-19-29-27(31)30-21-26-16-9-18-28-20-26/h9-10,12,14,16-18,20H,6-8,11,13,15,19,21H2,1-5H3,(H2,29,30,31). The van der Waals surface area contributed by atoms with E-state index in [-0.39, 0.29) is 6.03 Å². The Morgan fingerprint density at radius 2 is 1.42 bits per heavy atom. The molecular formula is C27H41N3O. The van der Waals surface area contributed by atoms with Gasteiger partial charge in [0.15, 0.2) is 0 Å². The number of carbonyl (C=O) groups excluding carboxylic acids is 1. The Labute approximate surface area is 189 Å². The molecule has 4 heteroatoms. The zero-order chi connectivity index (χ0) is 22.9. The SMILES string of the molecule is CC(C)=CCCC(C)=CCCC(C)=CCCC(C)=CCNC(=O)NCc1cccnc1. The third kappa shape index (κ3) is 14.9. The molecule has 1 aromatic heterocycles. The predicted octanol–water partition coefficient (Wildman–Crippen LogP) is 7.03. The van der Waals surface area contributed by atoms with Crippen LogP contribution >= 0.6 is 0 Å². The van der Waals surface area contributed by atoms with Gasteiger partial charge in [-0.2, -0.15) is 0 Å². The second-order valence-corrected chi connectivity index (χ2v) is 8.47. The van der Waals surface area contributed by atoms with Crippen LogP contribution < -0.4 is 10.6 Å². The first-order valence-electron chi connectivity index (χ1n) is 11.4. The van der Waals surface area contributed by atoms with Crippen molar-refractivity contribution in [2.75, 3.05) is 6.54 Å². The van der Waals surface area contributed by atoms with Gasteiger partial charge in [0.25, 0.3) is 0 Å². The van der Waals surface area contributed by atoms with Crippen molar-refractivity contribution in [1.29, 1.82) is 0 Å². The van der Waals surface area contributed by atoms with Gasteiger partial charge < -0.3 is 10.6 Å². The molecule has 0 aliphatic rings. The van der Waals surface area contributed by atoms with Crippen LogP contribution in [0.5, 0.6) is 0 Å². The van der Waals surface area contributed by atoms with E-state index in [0.29, 0.717) is 13.1 Å². The van der Waals surface area contributed by atoms with Gasteiger partial charge in [0, 0.05) is 25.5 Å². The van der Waals surface area contributed by atoms with Crippen molar-refractivity contribution in [2.24, 2.45) is 0 Å². The molecule has 0 unspecified atom stereocenters. The highest BCUT2D eigenvalue weighted by molar-refractivity contribution is 5.73. The molecule has 0 aromatic carbocycles. The number of carbonyl (C=O) groups is 1. The fourth-order valence-corrected chi connectivity index (χ4v) is 3.05. The Balaban J connectivity index is 2.18. The van der Waals surface area contributed by atoms with Crippen LogP contribution in [-0.4, -0.2) is 17.6 Å². The van der Waals surface area contributed by atoms with Crippen molar-refractivity contribution in [3.8, 4) is 0 Å². The molecule has 2 N–H and O–H groups in total. The van der Waals surface area contributed by atoms with E-state index in [9.17, 15) is 4.79 Å². The van der Waals surface area contributed by atoms with Crippen LogP contribution in [0.2, 0.25) is 0 Å². The molecule has 31 heavy (non-hydrogen) atoms. The summed E-state index contributed by atoms with van der Waals surface area (Å²) in [6.07, 6.45) is 19.2. The van der Waals surface area contributed by atoms with E-state index in [0.717, 1.165) is 44.1 Å². The van der Waals surface area contributed by atoms with E-state index in [2.05, 4.69) is 74.5 Å². The fraction of sp³-hybridized carbons (Fsp3) is 0.481. The maximum atomic E-state index is 11.8. The Hall–Kier alpha value is -2.62. The van der Waals surface area contributed by atoms with Crippen LogP contribution in [0.15, 0.2) is 71.1 Å². The van der Waals surface area contributed by atoms with Crippen molar-refractivity contribution in [1.82, 2.24) is 15.6 Å². The molecule has 0 saturated carbocycles. The third-order valence-electron chi connectivity index (χ3n) is 5.04. The lowest BCUT2D eigenvalue weighted by molar-refractivity contribution is 0.241. The van der Waals surface area contributed by atoms with Crippen LogP contribution in [-0.2, 0) is 6.54 Å². The number of urea groups is 1. The molecule has 1 heterocycles. The number of rotatable bonds is 13. The largest absolute Gasteiger partial charge is 0.335 e. The fourth-order valence-electron chi connectivity index (χ4n) is 3.05. The number of nitrogens with one attached hydrogen (secondary N) is 2. The van der Waals surface area contributed by atoms with Crippen molar-refractivity contribution < 1.29 is 4.79 Å². The summed E-state index contributed by atoms with van der Waals surface area (Å²) in [4.78, 5) is 15.9. The predicted molar refractivity (Wildman–Crippen MR) is 133 cm³/mol. The molecule has 0 atom stereocenters. The number of hydrogen-bond acceptors (Lipinski definition) is 2. The first-order valence-corrected chi connectivity index (χ1v) is 11.4. The number of allylic oxidation sites excluding steroid dienone is 7. The molecule has 0 aliphatic carbocycles. The maximum Gasteiger partial charge on any atom is 0.315 e. The minimum absolute atomic E-state index is 0.159. The summed E-state index contributed by atoms with van der Waals surface area (Å²) in [6, 6.07) is 3.64. The number of nitrogens with zero attached hydrogens (tertiary/aromatic N) is 1. The van der Waals surface area contributed by atoms with Crippen molar-refractivity contribution in [2.45, 2.75) is 79.7 Å². The molecule has 0 aliphatic heterocycles. The van der Waals surface area contributed by atoms with Crippen molar-refractivity contribution >= 4 is 6.03 Å². The highest BCUT2D eigenvalue weighted by Crippen LogP contribution is 2.13. The van der Waals surface area contributed by atoms with E-state index in [1.807, 2.05) is 12.1 Å². The summed E-state index contributed by atoms with van der Waals surface area (Å²) in [6.45, 7) is 11.9. The van der Waals surface area contributed by atoms with Gasteiger partial charge in [0.1, 0.15) is 0 Å². The minimum atomic E-state index is -0.159. The molecule has 0 spiro atoms. The summed E-state index contributed by atoms with van der Waals surface area (Å²) >= 11 is 0. The van der Waals surface area contributed by atoms with E-state index in [4.69, 9.17) is 0 Å². The first-order chi connectivity index (χ1) is 14.9. The number of aromatic nitrogens is 1. The average molecular weight is 424 g/mol. The van der Waals surface area contributed by atoms with E-state index >= 15 is 0 Å². The minimum Gasteiger partial charge on any atom is -0.335 e. The zero-order valence-corrected chi connectivity index (χ0v) is 20.1. The smallest absolute Gasteiger partial charge is 0.315 e. The maximum absolute atomic E-state index is 11.8. The molecule has 0 saturated heterocycles. The van der Waals surface area contributed by atoms with Gasteiger partial charge in [-0.1, -0.05) is 52.7 Å². The van der Waals surface area contributed by atoms with Crippen LogP contribution in [0.4, 0.5) is 4.79 Å². The second-order valence-electron chi connectivity index (χ2n) is 8.47. The molecule has 4 nitrogen and oxygen atoms in total. The highest BCUT2D eigenvalue weighted by atomic mass is 16.2. The lowest BCUT2D eigenvalue weighted by Crippen LogP contribution is -2.35. The van der Waals surface area contributed by atoms with Gasteiger partial charge in [-0.25, -0.2) is 4.79 Å². The normalized spacial score (nSPS) is 12.5. The third-order valence-corrected chi connectivity index (χ3v) is 5.04. The zero-order valence-electron chi connectivity index (χ0n) is 20.1. The summed E-state index contributed by atoms with van der Waals surface area (Å²) in [5.74, 6) is 0. The Kier molecular flexibility index (Phi) is 13.7. The van der Waals surface area contributed by atoms with Gasteiger partial charge >= 0.3 is 6.03 Å². The van der Waals surface area contributed by atoms with Crippen LogP contribution in [0.3, 0.4) is 0 Å². The lowest BCUT2D eigenvalue weighted by atomic mass is 10.0. The molecule has 0 bridgehead atoms. The molecule has 2 amide bonds. The summed E-state index contributed by atoms with van der Waals surface area (Å²) < 4.78 is 0. The summed E-state index contributed by atoms with van der Waals surface area (Å²) in [5, 5.41) is 5.71. The molecule has 170 valence electrons. The highest BCUT2D eigenvalue weighted by Gasteiger charge is 1.99. The Morgan fingerprint density at radius 1 is 0.839 bits per heavy atom. The van der Waals surface area contributed by atoms with Gasteiger partial charge in [-0.3, -0.25) is 4.98 Å². The monoisotopic (exact) mass is 423 g/mol. The van der Waals surface area contributed by atoms with E-state index in [1.54, 1.807) is 12.4 Å². The second kappa shape index (κ2) is 16.1. The Morgan fingerprint density at radius 3 is 1.97 bits per heavy atom. The molecular weight excluding hydrogens is 382 g/mol. The quantitative estimate of drug-likeness (QED) is 0.335. The number of pyridine rings is 1. The van der Waals surface area contributed by atoms with Gasteiger partial charge in [-0.05, 0) is 84.8 Å². The van der Waals surface area contributed by atoms with E-state index in [1.165, 1.54) is 22.3 Å². The van der Waals surface area contributed by atoms with Crippen molar-refractivity contribution in [3.63, 3.8) is 0 Å². The van der Waals surface area contributed by atoms with Gasteiger partial charge in [-0.15, -0.1) is 0 Å². The first kappa shape index (κ1) is 26.4.